The number of amides is 2. The molecule has 6 nitrogen and oxygen atoms in total. The molecule has 1 aromatic heterocycles. The van der Waals surface area contributed by atoms with E-state index in [1.54, 1.807) is 0 Å². The molecule has 0 saturated heterocycles. The molecule has 1 aromatic carbocycles. The van der Waals surface area contributed by atoms with E-state index in [2.05, 4.69) is 20.8 Å². The molecule has 0 aliphatic heterocycles. The number of carbonyl (C=O) groups excluding carboxylic acids is 2. The highest BCUT2D eigenvalue weighted by atomic mass is 16.2. The van der Waals surface area contributed by atoms with Crippen LogP contribution in [0.4, 0.5) is 0 Å². The minimum absolute atomic E-state index is 0.0124. The summed E-state index contributed by atoms with van der Waals surface area (Å²) in [6, 6.07) is 10.0. The highest BCUT2D eigenvalue weighted by Gasteiger charge is 2.07. The van der Waals surface area contributed by atoms with Crippen molar-refractivity contribution in [2.24, 2.45) is 0 Å². The van der Waals surface area contributed by atoms with Gasteiger partial charge in [0.2, 0.25) is 11.8 Å². The van der Waals surface area contributed by atoms with E-state index < -0.39 is 0 Å². The van der Waals surface area contributed by atoms with Crippen molar-refractivity contribution in [2.75, 3.05) is 6.54 Å². The van der Waals surface area contributed by atoms with Gasteiger partial charge in [0.15, 0.2) is 0 Å². The van der Waals surface area contributed by atoms with Crippen LogP contribution in [0.15, 0.2) is 30.3 Å². The van der Waals surface area contributed by atoms with Gasteiger partial charge in [-0.15, -0.1) is 0 Å². The molecule has 1 heterocycles. The van der Waals surface area contributed by atoms with E-state index in [1.165, 1.54) is 5.56 Å². The van der Waals surface area contributed by atoms with Crippen molar-refractivity contribution in [2.45, 2.75) is 39.7 Å². The first-order valence-electron chi connectivity index (χ1n) is 8.19. The van der Waals surface area contributed by atoms with Crippen LogP contribution in [-0.2, 0) is 29.0 Å². The van der Waals surface area contributed by atoms with Crippen molar-refractivity contribution < 1.29 is 9.59 Å². The Bertz CT molecular complexity index is 677. The summed E-state index contributed by atoms with van der Waals surface area (Å²) < 4.78 is 0. The highest BCUT2D eigenvalue weighted by molar-refractivity contribution is 5.84. The van der Waals surface area contributed by atoms with E-state index in [1.807, 2.05) is 44.2 Å². The number of rotatable bonds is 8. The van der Waals surface area contributed by atoms with Crippen LogP contribution < -0.4 is 10.6 Å². The summed E-state index contributed by atoms with van der Waals surface area (Å²) in [7, 11) is 0. The lowest BCUT2D eigenvalue weighted by Crippen LogP contribution is -2.36. The van der Waals surface area contributed by atoms with Crippen molar-refractivity contribution in [3.8, 4) is 0 Å². The van der Waals surface area contributed by atoms with Crippen LogP contribution in [0.3, 0.4) is 0 Å². The third-order valence-corrected chi connectivity index (χ3v) is 3.73. The predicted molar refractivity (Wildman–Crippen MR) is 92.3 cm³/mol. The Labute approximate surface area is 142 Å². The summed E-state index contributed by atoms with van der Waals surface area (Å²) in [5.74, 6) is -0.341. The topological polar surface area (TPSA) is 86.9 Å². The summed E-state index contributed by atoms with van der Waals surface area (Å²) in [5.41, 5.74) is 4.13. The Kier molecular flexibility index (Phi) is 6.54. The van der Waals surface area contributed by atoms with Gasteiger partial charge in [-0.1, -0.05) is 36.8 Å². The maximum atomic E-state index is 11.8. The SMILES string of the molecule is CCc1cc(CNC(=O)CNC(=O)CCc2ccc(C)cc2)[nH]n1. The molecule has 0 aliphatic rings. The van der Waals surface area contributed by atoms with Crippen LogP contribution in [0.25, 0.3) is 0 Å². The Morgan fingerprint density at radius 3 is 2.54 bits per heavy atom. The molecule has 3 N–H and O–H groups in total. The van der Waals surface area contributed by atoms with Crippen LogP contribution in [0, 0.1) is 6.92 Å². The first-order valence-corrected chi connectivity index (χ1v) is 8.19. The van der Waals surface area contributed by atoms with Gasteiger partial charge in [-0.05, 0) is 31.4 Å². The van der Waals surface area contributed by atoms with Gasteiger partial charge in [0.1, 0.15) is 0 Å². The first kappa shape index (κ1) is 17.7. The Hall–Kier alpha value is -2.63. The quantitative estimate of drug-likeness (QED) is 0.688. The van der Waals surface area contributed by atoms with Gasteiger partial charge >= 0.3 is 0 Å². The fourth-order valence-electron chi connectivity index (χ4n) is 2.22. The van der Waals surface area contributed by atoms with Crippen molar-refractivity contribution in [3.05, 3.63) is 52.8 Å². The maximum absolute atomic E-state index is 11.8. The summed E-state index contributed by atoms with van der Waals surface area (Å²) >= 11 is 0. The fourth-order valence-corrected chi connectivity index (χ4v) is 2.22. The second kappa shape index (κ2) is 8.86. The van der Waals surface area contributed by atoms with E-state index in [0.29, 0.717) is 19.4 Å². The molecule has 128 valence electrons. The number of benzene rings is 1. The lowest BCUT2D eigenvalue weighted by Gasteiger charge is -2.06. The number of hydrogen-bond donors (Lipinski definition) is 3. The van der Waals surface area contributed by atoms with Crippen molar-refractivity contribution in [3.63, 3.8) is 0 Å². The van der Waals surface area contributed by atoms with Gasteiger partial charge in [-0.3, -0.25) is 14.7 Å². The molecule has 2 aromatic rings. The van der Waals surface area contributed by atoms with Gasteiger partial charge in [0.25, 0.3) is 0 Å². The molecule has 0 bridgehead atoms. The Morgan fingerprint density at radius 1 is 1.12 bits per heavy atom. The summed E-state index contributed by atoms with van der Waals surface area (Å²) in [6.07, 6.45) is 1.89. The number of nitrogens with zero attached hydrogens (tertiary/aromatic N) is 1. The van der Waals surface area contributed by atoms with Gasteiger partial charge < -0.3 is 10.6 Å². The first-order chi connectivity index (χ1) is 11.6. The van der Waals surface area contributed by atoms with Gasteiger partial charge in [-0.25, -0.2) is 0 Å². The molecule has 0 atom stereocenters. The van der Waals surface area contributed by atoms with Gasteiger partial charge in [-0.2, -0.15) is 5.10 Å². The lowest BCUT2D eigenvalue weighted by molar-refractivity contribution is -0.126. The van der Waals surface area contributed by atoms with Crippen LogP contribution in [0.5, 0.6) is 0 Å². The van der Waals surface area contributed by atoms with Crippen LogP contribution in [-0.4, -0.2) is 28.6 Å². The fraction of sp³-hybridized carbons (Fsp3) is 0.389. The van der Waals surface area contributed by atoms with E-state index in [-0.39, 0.29) is 18.4 Å². The molecule has 6 heteroatoms. The number of aromatic nitrogens is 2. The van der Waals surface area contributed by atoms with Crippen LogP contribution in [0.1, 0.15) is 35.9 Å². The summed E-state index contributed by atoms with van der Waals surface area (Å²) in [6.45, 7) is 4.42. The number of hydrogen-bond acceptors (Lipinski definition) is 3. The zero-order valence-corrected chi connectivity index (χ0v) is 14.2. The molecule has 0 saturated carbocycles. The minimum atomic E-state index is -0.216. The maximum Gasteiger partial charge on any atom is 0.239 e. The van der Waals surface area contributed by atoms with E-state index >= 15 is 0 Å². The zero-order valence-electron chi connectivity index (χ0n) is 14.2. The second-order valence-corrected chi connectivity index (χ2v) is 5.78. The second-order valence-electron chi connectivity index (χ2n) is 5.78. The average Bonchev–Trinajstić information content (AvgIpc) is 3.05. The molecule has 0 aliphatic carbocycles. The molecular weight excluding hydrogens is 304 g/mol. The van der Waals surface area contributed by atoms with Crippen LogP contribution >= 0.6 is 0 Å². The lowest BCUT2D eigenvalue weighted by atomic mass is 10.1. The number of nitrogens with one attached hydrogen (secondary N) is 3. The van der Waals surface area contributed by atoms with Crippen molar-refractivity contribution in [1.29, 1.82) is 0 Å². The third kappa shape index (κ3) is 5.87. The average molecular weight is 328 g/mol. The standard InChI is InChI=1S/C18H24N4O2/c1-3-15-10-16(22-21-15)11-19-18(24)12-20-17(23)9-8-14-6-4-13(2)5-7-14/h4-7,10H,3,8-9,11-12H2,1-2H3,(H,19,24)(H,20,23)(H,21,22). The van der Waals surface area contributed by atoms with Crippen LogP contribution in [0.2, 0.25) is 0 Å². The normalized spacial score (nSPS) is 10.4. The molecule has 24 heavy (non-hydrogen) atoms. The molecule has 0 unspecified atom stereocenters. The molecule has 0 spiro atoms. The van der Waals surface area contributed by atoms with E-state index in [0.717, 1.165) is 23.4 Å². The zero-order chi connectivity index (χ0) is 17.4. The van der Waals surface area contributed by atoms with Gasteiger partial charge in [0.05, 0.1) is 24.5 Å². The summed E-state index contributed by atoms with van der Waals surface area (Å²) in [4.78, 5) is 23.5. The smallest absolute Gasteiger partial charge is 0.239 e. The Balaban J connectivity index is 1.63. The van der Waals surface area contributed by atoms with Gasteiger partial charge in [0, 0.05) is 6.42 Å². The third-order valence-electron chi connectivity index (χ3n) is 3.73. The molecule has 2 rings (SSSR count). The van der Waals surface area contributed by atoms with E-state index in [4.69, 9.17) is 0 Å². The monoisotopic (exact) mass is 328 g/mol. The van der Waals surface area contributed by atoms with Crippen molar-refractivity contribution >= 4 is 11.8 Å². The molecular formula is C18H24N4O2. The highest BCUT2D eigenvalue weighted by Crippen LogP contribution is 2.05. The Morgan fingerprint density at radius 2 is 1.88 bits per heavy atom. The largest absolute Gasteiger partial charge is 0.349 e. The molecule has 0 fully saturated rings. The van der Waals surface area contributed by atoms with E-state index in [9.17, 15) is 9.59 Å². The molecule has 0 radical (unpaired) electrons. The molecule has 2 amide bonds. The number of aryl methyl sites for hydroxylation is 3. The van der Waals surface area contributed by atoms with Crippen molar-refractivity contribution in [1.82, 2.24) is 20.8 Å². The minimum Gasteiger partial charge on any atom is -0.349 e. The number of H-pyrrole nitrogens is 1. The predicted octanol–water partition coefficient (Wildman–Crippen LogP) is 1.65. The number of carbonyl (C=O) groups is 2. The summed E-state index contributed by atoms with van der Waals surface area (Å²) in [5, 5.41) is 12.4. The number of aromatic amines is 1.